The molecule has 1 aromatic carbocycles. The average molecular weight is 401 g/mol. The van der Waals surface area contributed by atoms with Crippen LogP contribution in [0, 0.1) is 5.92 Å². The van der Waals surface area contributed by atoms with Crippen molar-refractivity contribution in [1.82, 2.24) is 4.98 Å². The van der Waals surface area contributed by atoms with E-state index < -0.39 is 15.7 Å². The van der Waals surface area contributed by atoms with E-state index in [1.807, 2.05) is 32.2 Å². The number of carbonyl (C=O) groups excluding carboxylic acids is 1. The molecule has 3 heterocycles. The number of aromatic nitrogens is 1. The second kappa shape index (κ2) is 6.81. The molecule has 1 aliphatic rings. The highest BCUT2D eigenvalue weighted by Gasteiger charge is 2.37. The molecule has 1 fully saturated rings. The maximum Gasteiger partial charge on any atom is 0.250 e. The minimum atomic E-state index is -3.06. The fourth-order valence-corrected chi connectivity index (χ4v) is 6.61. The van der Waals surface area contributed by atoms with Crippen molar-refractivity contribution in [3.8, 4) is 11.3 Å². The van der Waals surface area contributed by atoms with Gasteiger partial charge in [0.15, 0.2) is 9.84 Å². The van der Waals surface area contributed by atoms with Crippen molar-refractivity contribution >= 4 is 26.6 Å². The molecular formula is C21H24N2O4S. The van der Waals surface area contributed by atoms with Gasteiger partial charge in [-0.15, -0.1) is 0 Å². The highest BCUT2D eigenvalue weighted by atomic mass is 32.2. The Morgan fingerprint density at radius 2 is 2.11 bits per heavy atom. The van der Waals surface area contributed by atoms with Gasteiger partial charge in [0.1, 0.15) is 5.76 Å². The van der Waals surface area contributed by atoms with Crippen molar-refractivity contribution in [2.24, 2.45) is 11.7 Å². The van der Waals surface area contributed by atoms with Gasteiger partial charge in [-0.1, -0.05) is 13.8 Å². The number of primary amides is 1. The minimum absolute atomic E-state index is 0.0675. The summed E-state index contributed by atoms with van der Waals surface area (Å²) in [5.74, 6) is 0.504. The summed E-state index contributed by atoms with van der Waals surface area (Å²) in [4.78, 5) is 15.2. The molecule has 2 atom stereocenters. The Kier molecular flexibility index (Phi) is 4.57. The SMILES string of the molecule is CC(C)[C@H]1C[C@H](c2c[nH]c3c(C(N)=O)cc(-c4ccco4)cc23)CCS1(=O)=O. The lowest BCUT2D eigenvalue weighted by Crippen LogP contribution is -2.35. The molecule has 0 aliphatic carbocycles. The maximum atomic E-state index is 12.5. The lowest BCUT2D eigenvalue weighted by molar-refractivity contribution is 0.100. The second-order valence-electron chi connectivity index (χ2n) is 7.90. The van der Waals surface area contributed by atoms with E-state index in [9.17, 15) is 13.2 Å². The van der Waals surface area contributed by atoms with E-state index in [4.69, 9.17) is 10.2 Å². The molecule has 6 nitrogen and oxygen atoms in total. The van der Waals surface area contributed by atoms with Gasteiger partial charge < -0.3 is 15.1 Å². The molecule has 0 bridgehead atoms. The molecule has 148 valence electrons. The summed E-state index contributed by atoms with van der Waals surface area (Å²) in [5.41, 5.74) is 8.52. The van der Waals surface area contributed by atoms with E-state index in [0.717, 1.165) is 16.5 Å². The van der Waals surface area contributed by atoms with E-state index in [2.05, 4.69) is 4.98 Å². The van der Waals surface area contributed by atoms with Crippen LogP contribution in [0.25, 0.3) is 22.2 Å². The monoisotopic (exact) mass is 400 g/mol. The molecule has 2 aromatic heterocycles. The van der Waals surface area contributed by atoms with Crippen LogP contribution < -0.4 is 5.73 Å². The number of fused-ring (bicyclic) bond motifs is 1. The third-order valence-corrected chi connectivity index (χ3v) is 8.27. The largest absolute Gasteiger partial charge is 0.464 e. The average Bonchev–Trinajstić information content (AvgIpc) is 3.30. The molecule has 3 aromatic rings. The summed E-state index contributed by atoms with van der Waals surface area (Å²) < 4.78 is 30.4. The Morgan fingerprint density at radius 3 is 2.75 bits per heavy atom. The molecule has 3 N–H and O–H groups in total. The first kappa shape index (κ1) is 18.8. The van der Waals surface area contributed by atoms with Crippen LogP contribution in [0.15, 0.2) is 41.1 Å². The van der Waals surface area contributed by atoms with Crippen molar-refractivity contribution in [2.45, 2.75) is 37.9 Å². The van der Waals surface area contributed by atoms with Crippen LogP contribution in [0.4, 0.5) is 0 Å². The zero-order valence-electron chi connectivity index (χ0n) is 15.9. The molecule has 0 radical (unpaired) electrons. The Bertz CT molecular complexity index is 1130. The number of furan rings is 1. The summed E-state index contributed by atoms with van der Waals surface area (Å²) in [7, 11) is -3.06. The van der Waals surface area contributed by atoms with Crippen LogP contribution in [0.3, 0.4) is 0 Å². The van der Waals surface area contributed by atoms with Crippen LogP contribution in [0.2, 0.25) is 0 Å². The molecule has 28 heavy (non-hydrogen) atoms. The molecule has 0 spiro atoms. The van der Waals surface area contributed by atoms with Gasteiger partial charge in [0.2, 0.25) is 0 Å². The predicted octanol–water partition coefficient (Wildman–Crippen LogP) is 3.84. The Labute approximate surface area is 164 Å². The number of hydrogen-bond acceptors (Lipinski definition) is 4. The Hall–Kier alpha value is -2.54. The minimum Gasteiger partial charge on any atom is -0.464 e. The zero-order valence-corrected chi connectivity index (χ0v) is 16.8. The Morgan fingerprint density at radius 1 is 1.32 bits per heavy atom. The fourth-order valence-electron chi connectivity index (χ4n) is 4.34. The summed E-state index contributed by atoms with van der Waals surface area (Å²) in [6.07, 6.45) is 4.64. The van der Waals surface area contributed by atoms with Gasteiger partial charge in [-0.25, -0.2) is 8.42 Å². The number of aromatic amines is 1. The van der Waals surface area contributed by atoms with Gasteiger partial charge in [-0.3, -0.25) is 4.79 Å². The topological polar surface area (TPSA) is 106 Å². The number of nitrogens with one attached hydrogen (secondary N) is 1. The summed E-state index contributed by atoms with van der Waals surface area (Å²) >= 11 is 0. The molecule has 7 heteroatoms. The summed E-state index contributed by atoms with van der Waals surface area (Å²) in [6.45, 7) is 3.92. The van der Waals surface area contributed by atoms with E-state index in [-0.39, 0.29) is 22.8 Å². The van der Waals surface area contributed by atoms with Gasteiger partial charge in [0.05, 0.1) is 28.3 Å². The molecule has 4 rings (SSSR count). The molecule has 0 saturated carbocycles. The fraction of sp³-hybridized carbons (Fsp3) is 0.381. The molecule has 0 unspecified atom stereocenters. The lowest BCUT2D eigenvalue weighted by Gasteiger charge is -2.31. The van der Waals surface area contributed by atoms with Crippen LogP contribution in [0.1, 0.15) is 48.5 Å². The first-order chi connectivity index (χ1) is 13.3. The van der Waals surface area contributed by atoms with Crippen LogP contribution in [-0.2, 0) is 9.84 Å². The van der Waals surface area contributed by atoms with Gasteiger partial charge in [-0.2, -0.15) is 0 Å². The number of rotatable bonds is 4. The zero-order chi connectivity index (χ0) is 20.1. The third-order valence-electron chi connectivity index (χ3n) is 5.80. The second-order valence-corrected chi connectivity index (χ2v) is 10.2. The number of hydrogen-bond donors (Lipinski definition) is 2. The van der Waals surface area contributed by atoms with Gasteiger partial charge >= 0.3 is 0 Å². The number of benzene rings is 1. The van der Waals surface area contributed by atoms with E-state index >= 15 is 0 Å². The molecule has 1 aliphatic heterocycles. The van der Waals surface area contributed by atoms with Crippen LogP contribution in [-0.4, -0.2) is 30.3 Å². The number of H-pyrrole nitrogens is 1. The molecule has 1 amide bonds. The highest BCUT2D eigenvalue weighted by Crippen LogP contribution is 2.40. The van der Waals surface area contributed by atoms with Crippen molar-refractivity contribution in [2.75, 3.05) is 5.75 Å². The third kappa shape index (κ3) is 3.13. The highest BCUT2D eigenvalue weighted by molar-refractivity contribution is 7.92. The van der Waals surface area contributed by atoms with E-state index in [1.54, 1.807) is 18.4 Å². The number of amides is 1. The number of carbonyl (C=O) groups is 1. The quantitative estimate of drug-likeness (QED) is 0.694. The molecular weight excluding hydrogens is 376 g/mol. The standard InChI is InChI=1S/C21H24N2O4S/c1-12(2)19-10-13(5-7-28(19,25)26)17-11-23-20-15(17)8-14(9-16(20)21(22)24)18-4-3-6-27-18/h3-4,6,8-9,11-13,19,23H,5,7,10H2,1-2H3,(H2,22,24)/t13-,19-/m1/s1. The van der Waals surface area contributed by atoms with Crippen molar-refractivity contribution < 1.29 is 17.6 Å². The van der Waals surface area contributed by atoms with Gasteiger partial charge in [-0.05, 0) is 54.5 Å². The summed E-state index contributed by atoms with van der Waals surface area (Å²) in [5, 5.41) is 0.551. The van der Waals surface area contributed by atoms with Crippen molar-refractivity contribution in [3.63, 3.8) is 0 Å². The normalized spacial score (nSPS) is 22.0. The molecule has 1 saturated heterocycles. The van der Waals surface area contributed by atoms with Crippen molar-refractivity contribution in [1.29, 1.82) is 0 Å². The van der Waals surface area contributed by atoms with Gasteiger partial charge in [0, 0.05) is 17.1 Å². The maximum absolute atomic E-state index is 12.5. The Balaban J connectivity index is 1.83. The van der Waals surface area contributed by atoms with Crippen LogP contribution >= 0.6 is 0 Å². The van der Waals surface area contributed by atoms with E-state index in [1.165, 1.54) is 0 Å². The van der Waals surface area contributed by atoms with Gasteiger partial charge in [0.25, 0.3) is 5.91 Å². The smallest absolute Gasteiger partial charge is 0.250 e. The summed E-state index contributed by atoms with van der Waals surface area (Å²) in [6, 6.07) is 7.34. The lowest BCUT2D eigenvalue weighted by atomic mass is 9.87. The van der Waals surface area contributed by atoms with Crippen LogP contribution in [0.5, 0.6) is 0 Å². The number of sulfone groups is 1. The van der Waals surface area contributed by atoms with Crippen molar-refractivity contribution in [3.05, 3.63) is 47.9 Å². The first-order valence-electron chi connectivity index (χ1n) is 9.48. The first-order valence-corrected chi connectivity index (χ1v) is 11.2. The van der Waals surface area contributed by atoms with E-state index in [0.29, 0.717) is 29.7 Å². The number of nitrogens with two attached hydrogens (primary N) is 1. The predicted molar refractivity (Wildman–Crippen MR) is 109 cm³/mol.